The van der Waals surface area contributed by atoms with Gasteiger partial charge >= 0.3 is 0 Å². The molecule has 2 unspecified atom stereocenters. The fourth-order valence-corrected chi connectivity index (χ4v) is 12.2. The summed E-state index contributed by atoms with van der Waals surface area (Å²) in [5, 5.41) is 4.66. The number of piperidine rings is 2. The molecule has 6 rings (SSSR count). The molecule has 0 aliphatic carbocycles. The van der Waals surface area contributed by atoms with Crippen LogP contribution < -0.4 is 0 Å². The van der Waals surface area contributed by atoms with E-state index in [2.05, 4.69) is 154 Å². The second kappa shape index (κ2) is 22.4. The Labute approximate surface area is 401 Å². The average molecular weight is 921 g/mol. The van der Waals surface area contributed by atoms with E-state index in [1.54, 1.807) is 0 Å². The van der Waals surface area contributed by atoms with Crippen LogP contribution in [0.1, 0.15) is 196 Å². The first-order valence-electron chi connectivity index (χ1n) is 26.2. The highest BCUT2D eigenvalue weighted by atomic mass is 16.7. The van der Waals surface area contributed by atoms with Crippen molar-refractivity contribution in [2.24, 2.45) is 10.8 Å². The molecular formula is C56H92N2O8. The molecule has 66 heavy (non-hydrogen) atoms. The minimum Gasteiger partial charge on any atom is -0.381 e. The zero-order valence-corrected chi connectivity index (χ0v) is 43.6. The minimum absolute atomic E-state index is 0.0316. The van der Waals surface area contributed by atoms with Gasteiger partial charge in [-0.25, -0.2) is 0 Å². The Hall–Kier alpha value is -1.96. The van der Waals surface area contributed by atoms with Crippen molar-refractivity contribution in [2.75, 3.05) is 52.9 Å². The Kier molecular flexibility index (Phi) is 18.1. The van der Waals surface area contributed by atoms with Gasteiger partial charge in [0.1, 0.15) is 18.8 Å². The van der Waals surface area contributed by atoms with Crippen LogP contribution in [-0.2, 0) is 38.1 Å². The van der Waals surface area contributed by atoms with E-state index in [9.17, 15) is 0 Å². The molecule has 2 aromatic rings. The molecule has 0 amide bonds. The molecule has 10 heteroatoms. The standard InChI is InChI=1S/C56H92N2O8/c1-13-51(40-63-56(64-41-51)36-50(11,12)58(54(16-4,17-5)38-56)66-46(8)48-31-25-22-26-32-48)39-59-33-27-19-20-28-34-60-44-55(18-6)61-42-52(43-62-55)35-49(9,10)57(53(14-2,15-3)37-52)65-45(7)47-29-23-21-24-30-47/h21-26,29-32,45-46H,13-20,27-28,33-44H2,1-12H3. The van der Waals surface area contributed by atoms with Crippen molar-refractivity contribution >= 4 is 0 Å². The van der Waals surface area contributed by atoms with Crippen LogP contribution in [0.25, 0.3) is 0 Å². The molecule has 4 saturated heterocycles. The fourth-order valence-electron chi connectivity index (χ4n) is 12.2. The Morgan fingerprint density at radius 2 is 0.955 bits per heavy atom. The highest BCUT2D eigenvalue weighted by molar-refractivity contribution is 5.18. The van der Waals surface area contributed by atoms with Crippen LogP contribution in [0.4, 0.5) is 0 Å². The predicted molar refractivity (Wildman–Crippen MR) is 264 cm³/mol. The number of benzene rings is 2. The zero-order chi connectivity index (χ0) is 47.7. The van der Waals surface area contributed by atoms with Gasteiger partial charge in [0.2, 0.25) is 0 Å². The highest BCUT2D eigenvalue weighted by Crippen LogP contribution is 2.55. The van der Waals surface area contributed by atoms with Crippen LogP contribution in [-0.4, -0.2) is 96.7 Å². The van der Waals surface area contributed by atoms with E-state index in [0.29, 0.717) is 46.2 Å². The number of hydrogen-bond acceptors (Lipinski definition) is 10. The summed E-state index contributed by atoms with van der Waals surface area (Å²) >= 11 is 0. The third kappa shape index (κ3) is 12.0. The summed E-state index contributed by atoms with van der Waals surface area (Å²) in [7, 11) is 0. The van der Waals surface area contributed by atoms with Gasteiger partial charge in [0.15, 0.2) is 11.6 Å². The van der Waals surface area contributed by atoms with Crippen molar-refractivity contribution in [3.63, 3.8) is 0 Å². The molecule has 0 N–H and O–H groups in total. The molecule has 0 radical (unpaired) electrons. The van der Waals surface area contributed by atoms with Crippen LogP contribution in [0.3, 0.4) is 0 Å². The monoisotopic (exact) mass is 921 g/mol. The van der Waals surface area contributed by atoms with Crippen molar-refractivity contribution in [3.8, 4) is 0 Å². The van der Waals surface area contributed by atoms with E-state index < -0.39 is 11.6 Å². The lowest BCUT2D eigenvalue weighted by molar-refractivity contribution is -0.397. The molecule has 2 spiro atoms. The van der Waals surface area contributed by atoms with Crippen molar-refractivity contribution in [1.82, 2.24) is 10.1 Å². The van der Waals surface area contributed by atoms with Crippen LogP contribution in [0.5, 0.6) is 0 Å². The molecule has 4 aliphatic rings. The maximum absolute atomic E-state index is 6.90. The SMILES string of the molecule is CCC1(COCCCCCCOCC2(CC)OCC3(CO2)CC(C)(C)N(OC(C)c2ccccc2)C(CC)(CC)C3)COC2(CC(C)(C)N(OC(C)c3ccccc3)C(CC)(CC)C2)OC1. The summed E-state index contributed by atoms with van der Waals surface area (Å²) in [4.78, 5) is 13.8. The smallest absolute Gasteiger partial charge is 0.191 e. The Morgan fingerprint density at radius 1 is 0.500 bits per heavy atom. The van der Waals surface area contributed by atoms with E-state index >= 15 is 0 Å². The fraction of sp³-hybridized carbons (Fsp3) is 0.786. The van der Waals surface area contributed by atoms with Gasteiger partial charge in [-0.05, 0) is 110 Å². The van der Waals surface area contributed by atoms with Gasteiger partial charge in [0, 0.05) is 59.9 Å². The first-order chi connectivity index (χ1) is 31.5. The molecule has 10 nitrogen and oxygen atoms in total. The van der Waals surface area contributed by atoms with Crippen LogP contribution in [0.2, 0.25) is 0 Å². The summed E-state index contributed by atoms with van der Waals surface area (Å²) < 4.78 is 40.0. The van der Waals surface area contributed by atoms with Crippen molar-refractivity contribution in [3.05, 3.63) is 71.8 Å². The number of hydroxylamine groups is 4. The molecule has 374 valence electrons. The molecule has 4 aliphatic heterocycles. The molecular weight excluding hydrogens is 829 g/mol. The van der Waals surface area contributed by atoms with Gasteiger partial charge in [0.05, 0.1) is 38.6 Å². The molecule has 4 fully saturated rings. The summed E-state index contributed by atoms with van der Waals surface area (Å²) in [6, 6.07) is 21.1. The number of unbranched alkanes of at least 4 members (excludes halogenated alkanes) is 3. The third-order valence-electron chi connectivity index (χ3n) is 16.4. The third-order valence-corrected chi connectivity index (χ3v) is 16.4. The quantitative estimate of drug-likeness (QED) is 0.101. The Balaban J connectivity index is 0.896. The topological polar surface area (TPSA) is 80.3 Å². The summed E-state index contributed by atoms with van der Waals surface area (Å²) in [5.74, 6) is -1.33. The van der Waals surface area contributed by atoms with Gasteiger partial charge < -0.3 is 28.4 Å². The van der Waals surface area contributed by atoms with E-state index in [0.717, 1.165) is 96.5 Å². The number of hydrogen-bond donors (Lipinski definition) is 0. The number of rotatable bonds is 23. The Bertz CT molecular complexity index is 1600. The van der Waals surface area contributed by atoms with Crippen molar-refractivity contribution in [1.29, 1.82) is 0 Å². The second-order valence-corrected chi connectivity index (χ2v) is 22.3. The zero-order valence-electron chi connectivity index (χ0n) is 43.6. The summed E-state index contributed by atoms with van der Waals surface area (Å²) in [6.45, 7) is 32.3. The van der Waals surface area contributed by atoms with Crippen molar-refractivity contribution < 1.29 is 38.1 Å². The maximum atomic E-state index is 6.90. The van der Waals surface area contributed by atoms with Crippen LogP contribution >= 0.6 is 0 Å². The van der Waals surface area contributed by atoms with E-state index in [-0.39, 0.29) is 45.2 Å². The lowest BCUT2D eigenvalue weighted by atomic mass is 9.63. The Morgan fingerprint density at radius 3 is 1.41 bits per heavy atom. The second-order valence-electron chi connectivity index (χ2n) is 22.3. The van der Waals surface area contributed by atoms with Crippen molar-refractivity contribution in [2.45, 2.75) is 219 Å². The molecule has 2 aromatic carbocycles. The van der Waals surface area contributed by atoms with E-state index in [1.165, 1.54) is 11.1 Å². The first-order valence-corrected chi connectivity index (χ1v) is 26.2. The average Bonchev–Trinajstić information content (AvgIpc) is 3.33. The largest absolute Gasteiger partial charge is 0.381 e. The molecule has 2 atom stereocenters. The molecule has 0 bridgehead atoms. The first kappa shape index (κ1) is 53.4. The van der Waals surface area contributed by atoms with Gasteiger partial charge in [-0.3, -0.25) is 9.68 Å². The van der Waals surface area contributed by atoms with Crippen LogP contribution in [0, 0.1) is 10.8 Å². The number of ether oxygens (including phenoxy) is 6. The molecule has 0 aromatic heterocycles. The van der Waals surface area contributed by atoms with Gasteiger partial charge in [-0.15, -0.1) is 0 Å². The minimum atomic E-state index is -0.695. The lowest BCUT2D eigenvalue weighted by Crippen LogP contribution is -2.69. The van der Waals surface area contributed by atoms with E-state index in [4.69, 9.17) is 38.1 Å². The maximum Gasteiger partial charge on any atom is 0.191 e. The lowest BCUT2D eigenvalue weighted by Gasteiger charge is -2.62. The highest BCUT2D eigenvalue weighted by Gasteiger charge is 2.61. The van der Waals surface area contributed by atoms with Crippen LogP contribution in [0.15, 0.2) is 60.7 Å². The molecule has 4 heterocycles. The van der Waals surface area contributed by atoms with Gasteiger partial charge in [-0.1, -0.05) is 115 Å². The predicted octanol–water partition coefficient (Wildman–Crippen LogP) is 13.1. The normalized spacial score (nSPS) is 27.8. The van der Waals surface area contributed by atoms with Gasteiger partial charge in [-0.2, -0.15) is 10.1 Å². The summed E-state index contributed by atoms with van der Waals surface area (Å²) in [5.41, 5.74) is 1.36. The number of nitrogens with zero attached hydrogens (tertiary/aromatic N) is 2. The van der Waals surface area contributed by atoms with Gasteiger partial charge in [0.25, 0.3) is 0 Å². The van der Waals surface area contributed by atoms with E-state index in [1.807, 2.05) is 0 Å². The summed E-state index contributed by atoms with van der Waals surface area (Å²) in [6.07, 6.45) is 13.2. The molecule has 0 saturated carbocycles.